The Morgan fingerprint density at radius 2 is 1.74 bits per heavy atom. The highest BCUT2D eigenvalue weighted by atomic mass is 16.2. The average molecular weight is 320 g/mol. The Balaban J connectivity index is 2.81. The number of carbonyl (C=O) groups is 3. The zero-order valence-electron chi connectivity index (χ0n) is 13.7. The number of nitrogens with two attached hydrogens (primary N) is 1. The number of nitrogens with one attached hydrogen (secondary N) is 2. The van der Waals surface area contributed by atoms with E-state index in [1.165, 1.54) is 7.05 Å². The zero-order chi connectivity index (χ0) is 17.4. The van der Waals surface area contributed by atoms with Gasteiger partial charge in [0.2, 0.25) is 17.7 Å². The molecule has 0 aliphatic heterocycles. The van der Waals surface area contributed by atoms with E-state index in [1.807, 2.05) is 19.9 Å². The summed E-state index contributed by atoms with van der Waals surface area (Å²) in [6.45, 7) is 3.70. The van der Waals surface area contributed by atoms with E-state index in [0.717, 1.165) is 0 Å². The molecule has 1 rings (SSSR count). The van der Waals surface area contributed by atoms with Gasteiger partial charge in [0.25, 0.3) is 0 Å². The first kappa shape index (κ1) is 18.6. The molecule has 0 aliphatic rings. The summed E-state index contributed by atoms with van der Waals surface area (Å²) in [6, 6.07) is 8.16. The number of nitrogens with zero attached hydrogens (tertiary/aromatic N) is 1. The maximum absolute atomic E-state index is 12.3. The summed E-state index contributed by atoms with van der Waals surface area (Å²) in [4.78, 5) is 37.0. The molecule has 0 saturated heterocycles. The number of hydrogen-bond donors (Lipinski definition) is 3. The molecule has 0 unspecified atom stereocenters. The van der Waals surface area contributed by atoms with E-state index < -0.39 is 11.9 Å². The molecule has 126 valence electrons. The Kier molecular flexibility index (Phi) is 7.21. The average Bonchev–Trinajstić information content (AvgIpc) is 2.51. The lowest BCUT2D eigenvalue weighted by molar-refractivity contribution is -0.130. The monoisotopic (exact) mass is 320 g/mol. The maximum atomic E-state index is 12.3. The molecule has 1 aromatic carbocycles. The van der Waals surface area contributed by atoms with Gasteiger partial charge in [0.05, 0.1) is 13.1 Å². The minimum atomic E-state index is -0.781. The number of hydrogen-bond acceptors (Lipinski definition) is 4. The number of benzene rings is 1. The molecule has 0 aliphatic carbocycles. The Hall–Kier alpha value is -2.41. The summed E-state index contributed by atoms with van der Waals surface area (Å²) in [5.41, 5.74) is 5.88. The summed E-state index contributed by atoms with van der Waals surface area (Å²) >= 11 is 0. The molecule has 0 spiro atoms. The van der Waals surface area contributed by atoms with Crippen molar-refractivity contribution in [3.05, 3.63) is 35.9 Å². The van der Waals surface area contributed by atoms with Crippen molar-refractivity contribution >= 4 is 17.7 Å². The van der Waals surface area contributed by atoms with Crippen molar-refractivity contribution in [3.8, 4) is 0 Å². The molecule has 3 amide bonds. The van der Waals surface area contributed by atoms with Crippen molar-refractivity contribution in [2.45, 2.75) is 25.9 Å². The Labute approximate surface area is 136 Å². The Morgan fingerprint density at radius 3 is 2.22 bits per heavy atom. The van der Waals surface area contributed by atoms with Gasteiger partial charge in [-0.1, -0.05) is 30.3 Å². The number of primary amides is 1. The van der Waals surface area contributed by atoms with Gasteiger partial charge in [0.1, 0.15) is 6.04 Å². The molecular formula is C16H24N4O3. The van der Waals surface area contributed by atoms with Gasteiger partial charge in [0.15, 0.2) is 0 Å². The van der Waals surface area contributed by atoms with Gasteiger partial charge in [-0.2, -0.15) is 0 Å². The molecule has 23 heavy (non-hydrogen) atoms. The third-order valence-electron chi connectivity index (χ3n) is 3.38. The van der Waals surface area contributed by atoms with Crippen molar-refractivity contribution in [3.63, 3.8) is 0 Å². The lowest BCUT2D eigenvalue weighted by Gasteiger charge is -2.25. The largest absolute Gasteiger partial charge is 0.369 e. The van der Waals surface area contributed by atoms with Crippen LogP contribution in [0.25, 0.3) is 0 Å². The molecule has 0 radical (unpaired) electrons. The standard InChI is InChI=1S/C16H24N4O3/c1-11(2)20(9-13(17)21)10-14(22)19-15(16(23)18-3)12-7-5-4-6-8-12/h4-8,11,15H,9-10H2,1-3H3,(H2,17,21)(H,18,23)(H,19,22)/t15-/m1/s1. The molecule has 0 fully saturated rings. The van der Waals surface area contributed by atoms with Gasteiger partial charge < -0.3 is 16.4 Å². The summed E-state index contributed by atoms with van der Waals surface area (Å²) in [5.74, 6) is -1.16. The summed E-state index contributed by atoms with van der Waals surface area (Å²) in [6.07, 6.45) is 0. The van der Waals surface area contributed by atoms with E-state index in [-0.39, 0.29) is 30.9 Å². The first-order chi connectivity index (χ1) is 10.8. The van der Waals surface area contributed by atoms with Gasteiger partial charge >= 0.3 is 0 Å². The highest BCUT2D eigenvalue weighted by Crippen LogP contribution is 2.12. The van der Waals surface area contributed by atoms with Crippen molar-refractivity contribution in [2.24, 2.45) is 5.73 Å². The SMILES string of the molecule is CNC(=O)[C@H](NC(=O)CN(CC(N)=O)C(C)C)c1ccccc1. The first-order valence-corrected chi connectivity index (χ1v) is 7.43. The van der Waals surface area contributed by atoms with Gasteiger partial charge in [-0.25, -0.2) is 0 Å². The fourth-order valence-electron chi connectivity index (χ4n) is 2.10. The predicted molar refractivity (Wildman–Crippen MR) is 87.3 cm³/mol. The summed E-state index contributed by atoms with van der Waals surface area (Å²) in [5, 5.41) is 5.23. The van der Waals surface area contributed by atoms with E-state index in [4.69, 9.17) is 5.73 Å². The Bertz CT molecular complexity index is 546. The topological polar surface area (TPSA) is 105 Å². The maximum Gasteiger partial charge on any atom is 0.246 e. The second-order valence-electron chi connectivity index (χ2n) is 5.49. The molecule has 0 saturated carbocycles. The number of carbonyl (C=O) groups excluding carboxylic acids is 3. The molecule has 1 atom stereocenters. The highest BCUT2D eigenvalue weighted by Gasteiger charge is 2.23. The van der Waals surface area contributed by atoms with Crippen molar-refractivity contribution < 1.29 is 14.4 Å². The minimum Gasteiger partial charge on any atom is -0.369 e. The number of amides is 3. The summed E-state index contributed by atoms with van der Waals surface area (Å²) < 4.78 is 0. The molecule has 7 nitrogen and oxygen atoms in total. The second-order valence-corrected chi connectivity index (χ2v) is 5.49. The molecule has 0 bridgehead atoms. The fourth-order valence-corrected chi connectivity index (χ4v) is 2.10. The van der Waals surface area contributed by atoms with E-state index in [1.54, 1.807) is 29.2 Å². The van der Waals surface area contributed by atoms with E-state index in [0.29, 0.717) is 5.56 Å². The van der Waals surface area contributed by atoms with Gasteiger partial charge in [0, 0.05) is 13.1 Å². The van der Waals surface area contributed by atoms with Crippen LogP contribution in [0.5, 0.6) is 0 Å². The minimum absolute atomic E-state index is 0.0128. The lowest BCUT2D eigenvalue weighted by atomic mass is 10.1. The van der Waals surface area contributed by atoms with E-state index in [2.05, 4.69) is 10.6 Å². The first-order valence-electron chi connectivity index (χ1n) is 7.43. The van der Waals surface area contributed by atoms with Crippen molar-refractivity contribution in [2.75, 3.05) is 20.1 Å². The van der Waals surface area contributed by atoms with Crippen LogP contribution in [0.15, 0.2) is 30.3 Å². The van der Waals surface area contributed by atoms with Crippen LogP contribution < -0.4 is 16.4 Å². The van der Waals surface area contributed by atoms with Crippen LogP contribution >= 0.6 is 0 Å². The van der Waals surface area contributed by atoms with Crippen LogP contribution in [0.1, 0.15) is 25.5 Å². The predicted octanol–water partition coefficient (Wildman–Crippen LogP) is -0.214. The van der Waals surface area contributed by atoms with Crippen molar-refractivity contribution in [1.29, 1.82) is 0 Å². The fraction of sp³-hybridized carbons (Fsp3) is 0.438. The molecule has 0 heterocycles. The summed E-state index contributed by atoms with van der Waals surface area (Å²) in [7, 11) is 1.51. The molecule has 7 heteroatoms. The quantitative estimate of drug-likeness (QED) is 0.616. The van der Waals surface area contributed by atoms with Gasteiger partial charge in [-0.05, 0) is 19.4 Å². The number of rotatable bonds is 8. The van der Waals surface area contributed by atoms with E-state index >= 15 is 0 Å². The van der Waals surface area contributed by atoms with Gasteiger partial charge in [-0.15, -0.1) is 0 Å². The smallest absolute Gasteiger partial charge is 0.246 e. The van der Waals surface area contributed by atoms with Crippen LogP contribution in [-0.2, 0) is 14.4 Å². The van der Waals surface area contributed by atoms with Gasteiger partial charge in [-0.3, -0.25) is 19.3 Å². The number of likely N-dealkylation sites (N-methyl/N-ethyl adjacent to an activating group) is 1. The molecule has 4 N–H and O–H groups in total. The van der Waals surface area contributed by atoms with E-state index in [9.17, 15) is 14.4 Å². The highest BCUT2D eigenvalue weighted by molar-refractivity contribution is 5.89. The normalized spacial score (nSPS) is 12.0. The van der Waals surface area contributed by atoms with Crippen molar-refractivity contribution in [1.82, 2.24) is 15.5 Å². The third kappa shape index (κ3) is 6.07. The molecular weight excluding hydrogens is 296 g/mol. The lowest BCUT2D eigenvalue weighted by Crippen LogP contribution is -2.47. The molecule has 0 aromatic heterocycles. The van der Waals surface area contributed by atoms with Crippen LogP contribution in [0.2, 0.25) is 0 Å². The van der Waals surface area contributed by atoms with Crippen LogP contribution in [0, 0.1) is 0 Å². The van der Waals surface area contributed by atoms with Crippen LogP contribution in [0.3, 0.4) is 0 Å². The third-order valence-corrected chi connectivity index (χ3v) is 3.38. The van der Waals surface area contributed by atoms with Crippen LogP contribution in [0.4, 0.5) is 0 Å². The Morgan fingerprint density at radius 1 is 1.13 bits per heavy atom. The van der Waals surface area contributed by atoms with Crippen LogP contribution in [-0.4, -0.2) is 48.8 Å². The second kappa shape index (κ2) is 8.89. The zero-order valence-corrected chi connectivity index (χ0v) is 13.7. The molecule has 1 aromatic rings.